The van der Waals surface area contributed by atoms with Gasteiger partial charge in [-0.05, 0) is 36.6 Å². The predicted octanol–water partition coefficient (Wildman–Crippen LogP) is 2.66. The zero-order valence-corrected chi connectivity index (χ0v) is 10.7. The van der Waals surface area contributed by atoms with Crippen molar-refractivity contribution in [3.05, 3.63) is 36.1 Å². The van der Waals surface area contributed by atoms with Crippen LogP contribution in [0.2, 0.25) is 5.28 Å². The Bertz CT molecular complexity index is 742. The van der Waals surface area contributed by atoms with Crippen molar-refractivity contribution in [2.45, 2.75) is 18.9 Å². The molecule has 0 aliphatic heterocycles. The number of rotatable bonds is 3. The average Bonchev–Trinajstić information content (AvgIpc) is 2.95. The lowest BCUT2D eigenvalue weighted by Gasteiger charge is -2.05. The van der Waals surface area contributed by atoms with Gasteiger partial charge >= 0.3 is 0 Å². The zero-order chi connectivity index (χ0) is 12.8. The van der Waals surface area contributed by atoms with E-state index in [1.807, 2.05) is 35.3 Å². The van der Waals surface area contributed by atoms with Gasteiger partial charge in [0.1, 0.15) is 5.65 Å². The number of fused-ring (bicyclic) bond motifs is 1. The van der Waals surface area contributed by atoms with Gasteiger partial charge in [-0.25, -0.2) is 4.98 Å². The monoisotopic (exact) mass is 274 g/mol. The van der Waals surface area contributed by atoms with E-state index < -0.39 is 0 Å². The van der Waals surface area contributed by atoms with Gasteiger partial charge in [0.05, 0.1) is 6.33 Å². The highest BCUT2D eigenvalue weighted by Gasteiger charge is 2.23. The van der Waals surface area contributed by atoms with Crippen LogP contribution in [0.25, 0.3) is 5.65 Å². The number of anilines is 2. The summed E-state index contributed by atoms with van der Waals surface area (Å²) in [7, 11) is 0. The number of nitrogens with one attached hydrogen (secondary N) is 1. The van der Waals surface area contributed by atoms with E-state index in [0.717, 1.165) is 11.5 Å². The van der Waals surface area contributed by atoms with Crippen LogP contribution in [0.3, 0.4) is 0 Å². The lowest BCUT2D eigenvalue weighted by atomic mass is 10.6. The molecule has 96 valence electrons. The number of imidazole rings is 1. The molecule has 1 aliphatic rings. The molecule has 0 bridgehead atoms. The van der Waals surface area contributed by atoms with E-state index in [1.54, 1.807) is 0 Å². The summed E-state index contributed by atoms with van der Waals surface area (Å²) in [5, 5.41) is 3.39. The molecule has 1 fully saturated rings. The van der Waals surface area contributed by atoms with Crippen molar-refractivity contribution >= 4 is 29.0 Å². The molecule has 3 aromatic heterocycles. The Labute approximate surface area is 114 Å². The third-order valence-corrected chi connectivity index (χ3v) is 3.34. The Kier molecular flexibility index (Phi) is 2.25. The summed E-state index contributed by atoms with van der Waals surface area (Å²) < 4.78 is 3.96. The minimum absolute atomic E-state index is 0.218. The second kappa shape index (κ2) is 3.96. The van der Waals surface area contributed by atoms with Crippen molar-refractivity contribution in [1.82, 2.24) is 23.9 Å². The molecule has 19 heavy (non-hydrogen) atoms. The number of hydrogen-bond acceptors (Lipinski definition) is 4. The molecule has 0 spiro atoms. The first kappa shape index (κ1) is 10.8. The van der Waals surface area contributed by atoms with Crippen LogP contribution in [-0.2, 0) is 0 Å². The Morgan fingerprint density at radius 2 is 2.21 bits per heavy atom. The number of nitrogens with zero attached hydrogens (tertiary/aromatic N) is 5. The van der Waals surface area contributed by atoms with Crippen LogP contribution in [0.15, 0.2) is 30.9 Å². The van der Waals surface area contributed by atoms with Crippen molar-refractivity contribution < 1.29 is 0 Å². The van der Waals surface area contributed by atoms with Gasteiger partial charge in [-0.1, -0.05) is 0 Å². The molecular weight excluding hydrogens is 264 g/mol. The van der Waals surface area contributed by atoms with Crippen molar-refractivity contribution in [3.63, 3.8) is 0 Å². The van der Waals surface area contributed by atoms with Crippen LogP contribution in [0.4, 0.5) is 11.8 Å². The molecule has 0 atom stereocenters. The summed E-state index contributed by atoms with van der Waals surface area (Å²) >= 11 is 5.91. The quantitative estimate of drug-likeness (QED) is 0.798. The molecule has 0 amide bonds. The topological polar surface area (TPSA) is 60.0 Å². The highest BCUT2D eigenvalue weighted by Crippen LogP contribution is 2.35. The first-order valence-electron chi connectivity index (χ1n) is 6.11. The lowest BCUT2D eigenvalue weighted by Crippen LogP contribution is -2.03. The Morgan fingerprint density at radius 3 is 3.05 bits per heavy atom. The molecule has 1 saturated carbocycles. The standard InChI is InChI=1S/C12H11ClN6/c13-11-16-10-2-1-5-19(10)12(17-11)15-9-6-18(7-14-9)8-3-4-8/h1-2,5-8H,3-4H2,(H,15,16,17). The molecule has 7 heteroatoms. The Balaban J connectivity index is 1.71. The largest absolute Gasteiger partial charge is 0.332 e. The molecule has 3 aromatic rings. The van der Waals surface area contributed by atoms with Crippen LogP contribution in [0.5, 0.6) is 0 Å². The van der Waals surface area contributed by atoms with Gasteiger partial charge in [0, 0.05) is 18.4 Å². The third kappa shape index (κ3) is 1.94. The smallest absolute Gasteiger partial charge is 0.227 e. The number of hydrogen-bond donors (Lipinski definition) is 1. The molecule has 0 aromatic carbocycles. The second-order valence-electron chi connectivity index (χ2n) is 4.61. The molecule has 3 heterocycles. The first-order valence-corrected chi connectivity index (χ1v) is 6.48. The van der Waals surface area contributed by atoms with E-state index in [9.17, 15) is 0 Å². The summed E-state index contributed by atoms with van der Waals surface area (Å²) in [6.07, 6.45) is 8.18. The molecule has 1 aliphatic carbocycles. The van der Waals surface area contributed by atoms with Crippen molar-refractivity contribution in [3.8, 4) is 0 Å². The predicted molar refractivity (Wildman–Crippen MR) is 71.8 cm³/mol. The molecule has 6 nitrogen and oxygen atoms in total. The SMILES string of the molecule is Clc1nc(Nc2cn(C3CC3)cn2)n2cccc2n1. The second-order valence-corrected chi connectivity index (χ2v) is 4.95. The average molecular weight is 275 g/mol. The van der Waals surface area contributed by atoms with Gasteiger partial charge in [0.15, 0.2) is 5.82 Å². The summed E-state index contributed by atoms with van der Waals surface area (Å²) in [6, 6.07) is 4.39. The Morgan fingerprint density at radius 1 is 1.32 bits per heavy atom. The van der Waals surface area contributed by atoms with E-state index in [2.05, 4.69) is 24.8 Å². The molecule has 4 rings (SSSR count). The van der Waals surface area contributed by atoms with Crippen LogP contribution >= 0.6 is 11.6 Å². The maximum Gasteiger partial charge on any atom is 0.227 e. The molecule has 0 radical (unpaired) electrons. The van der Waals surface area contributed by atoms with E-state index in [1.165, 1.54) is 12.8 Å². The molecular formula is C12H11ClN6. The van der Waals surface area contributed by atoms with E-state index in [-0.39, 0.29) is 5.28 Å². The van der Waals surface area contributed by atoms with Crippen LogP contribution < -0.4 is 5.32 Å². The van der Waals surface area contributed by atoms with E-state index >= 15 is 0 Å². The minimum atomic E-state index is 0.218. The molecule has 1 N–H and O–H groups in total. The highest BCUT2D eigenvalue weighted by atomic mass is 35.5. The number of aromatic nitrogens is 5. The summed E-state index contributed by atoms with van der Waals surface area (Å²) in [5.41, 5.74) is 0.754. The highest BCUT2D eigenvalue weighted by molar-refractivity contribution is 6.28. The summed E-state index contributed by atoms with van der Waals surface area (Å²) in [4.78, 5) is 12.7. The van der Waals surface area contributed by atoms with Gasteiger partial charge in [-0.15, -0.1) is 0 Å². The first-order chi connectivity index (χ1) is 9.29. The van der Waals surface area contributed by atoms with Crippen molar-refractivity contribution in [2.24, 2.45) is 0 Å². The maximum atomic E-state index is 5.91. The fraction of sp³-hybridized carbons (Fsp3) is 0.250. The van der Waals surface area contributed by atoms with Crippen LogP contribution in [0, 0.1) is 0 Å². The van der Waals surface area contributed by atoms with Gasteiger partial charge < -0.3 is 9.88 Å². The third-order valence-electron chi connectivity index (χ3n) is 3.17. The molecule has 0 saturated heterocycles. The van der Waals surface area contributed by atoms with Crippen molar-refractivity contribution in [1.29, 1.82) is 0 Å². The van der Waals surface area contributed by atoms with E-state index in [4.69, 9.17) is 11.6 Å². The van der Waals surface area contributed by atoms with E-state index in [0.29, 0.717) is 12.0 Å². The summed E-state index contributed by atoms with van der Waals surface area (Å²) in [5.74, 6) is 1.37. The zero-order valence-electron chi connectivity index (χ0n) is 9.99. The van der Waals surface area contributed by atoms with Gasteiger partial charge in [-0.3, -0.25) is 4.40 Å². The van der Waals surface area contributed by atoms with Gasteiger partial charge in [0.2, 0.25) is 11.2 Å². The van der Waals surface area contributed by atoms with Crippen molar-refractivity contribution in [2.75, 3.05) is 5.32 Å². The van der Waals surface area contributed by atoms with Gasteiger partial charge in [-0.2, -0.15) is 9.97 Å². The normalized spacial score (nSPS) is 15.0. The van der Waals surface area contributed by atoms with Crippen LogP contribution in [-0.4, -0.2) is 23.9 Å². The fourth-order valence-electron chi connectivity index (χ4n) is 2.08. The molecule has 0 unspecified atom stereocenters. The minimum Gasteiger partial charge on any atom is -0.332 e. The lowest BCUT2D eigenvalue weighted by molar-refractivity contribution is 0.741. The maximum absolute atomic E-state index is 5.91. The fourth-order valence-corrected chi connectivity index (χ4v) is 2.25. The Hall–Kier alpha value is -2.08. The summed E-state index contributed by atoms with van der Waals surface area (Å²) in [6.45, 7) is 0. The number of halogens is 1. The van der Waals surface area contributed by atoms with Crippen LogP contribution in [0.1, 0.15) is 18.9 Å². The van der Waals surface area contributed by atoms with Gasteiger partial charge in [0.25, 0.3) is 0 Å².